The molecule has 0 radical (unpaired) electrons. The van der Waals surface area contributed by atoms with E-state index in [0.717, 1.165) is 6.42 Å². The Labute approximate surface area is 92.5 Å². The lowest BCUT2D eigenvalue weighted by Gasteiger charge is -2.37. The van der Waals surface area contributed by atoms with Crippen LogP contribution in [0.5, 0.6) is 0 Å². The Hall–Kier alpha value is -1.02. The second-order valence-electron chi connectivity index (χ2n) is 4.68. The molecule has 1 aromatic carbocycles. The fourth-order valence-corrected chi connectivity index (χ4v) is 1.63. The summed E-state index contributed by atoms with van der Waals surface area (Å²) < 4.78 is 0. The highest BCUT2D eigenvalue weighted by atomic mass is 16.3. The number of hydrogen-bond donors (Lipinski definition) is 1. The maximum atomic E-state index is 9.03. The highest BCUT2D eigenvalue weighted by Crippen LogP contribution is 2.25. The lowest BCUT2D eigenvalue weighted by Crippen LogP contribution is -2.42. The second-order valence-corrected chi connectivity index (χ2v) is 4.68. The van der Waals surface area contributed by atoms with Crippen molar-refractivity contribution in [1.29, 1.82) is 0 Å². The van der Waals surface area contributed by atoms with Crippen LogP contribution in [-0.4, -0.2) is 24.3 Å². The molecular weight excluding hydrogens is 186 g/mol. The zero-order valence-electron chi connectivity index (χ0n) is 10.1. The number of aryl methyl sites for hydroxylation is 1. The molecule has 2 heteroatoms. The molecule has 0 aromatic heterocycles. The molecule has 1 rings (SSSR count). The Bertz CT molecular complexity index is 320. The van der Waals surface area contributed by atoms with Gasteiger partial charge in [-0.25, -0.2) is 0 Å². The van der Waals surface area contributed by atoms with E-state index in [1.807, 2.05) is 0 Å². The third kappa shape index (κ3) is 2.96. The van der Waals surface area contributed by atoms with Crippen LogP contribution in [0.1, 0.15) is 25.8 Å². The average Bonchev–Trinajstić information content (AvgIpc) is 2.16. The molecule has 0 amide bonds. The van der Waals surface area contributed by atoms with Gasteiger partial charge in [0, 0.05) is 24.9 Å². The summed E-state index contributed by atoms with van der Waals surface area (Å²) in [6, 6.07) is 8.43. The minimum Gasteiger partial charge on any atom is -0.396 e. The van der Waals surface area contributed by atoms with Crippen LogP contribution in [0.2, 0.25) is 0 Å². The normalized spacial score (nSPS) is 11.5. The summed E-state index contributed by atoms with van der Waals surface area (Å²) in [6.45, 7) is 6.61. The van der Waals surface area contributed by atoms with Gasteiger partial charge in [0.05, 0.1) is 0 Å². The number of aliphatic hydroxyl groups is 1. The Kier molecular flexibility index (Phi) is 3.75. The number of anilines is 1. The monoisotopic (exact) mass is 207 g/mol. The molecule has 0 bridgehead atoms. The Morgan fingerprint density at radius 3 is 2.53 bits per heavy atom. The van der Waals surface area contributed by atoms with E-state index < -0.39 is 0 Å². The van der Waals surface area contributed by atoms with Crippen LogP contribution in [0.4, 0.5) is 5.69 Å². The largest absolute Gasteiger partial charge is 0.396 e. The van der Waals surface area contributed by atoms with E-state index in [1.54, 1.807) is 0 Å². The maximum absolute atomic E-state index is 9.03. The van der Waals surface area contributed by atoms with E-state index in [0.29, 0.717) is 0 Å². The van der Waals surface area contributed by atoms with Crippen LogP contribution in [0.15, 0.2) is 24.3 Å². The van der Waals surface area contributed by atoms with Crippen LogP contribution in [0.3, 0.4) is 0 Å². The van der Waals surface area contributed by atoms with Gasteiger partial charge >= 0.3 is 0 Å². The van der Waals surface area contributed by atoms with Crippen LogP contribution in [0.25, 0.3) is 0 Å². The van der Waals surface area contributed by atoms with Gasteiger partial charge in [-0.15, -0.1) is 0 Å². The first-order valence-electron chi connectivity index (χ1n) is 5.39. The molecule has 0 fully saturated rings. The fourth-order valence-electron chi connectivity index (χ4n) is 1.63. The van der Waals surface area contributed by atoms with Crippen molar-refractivity contribution in [1.82, 2.24) is 0 Å². The van der Waals surface area contributed by atoms with Crippen molar-refractivity contribution in [3.05, 3.63) is 29.8 Å². The van der Waals surface area contributed by atoms with E-state index >= 15 is 0 Å². The van der Waals surface area contributed by atoms with Crippen molar-refractivity contribution in [2.24, 2.45) is 0 Å². The van der Waals surface area contributed by atoms with E-state index in [2.05, 4.69) is 57.0 Å². The summed E-state index contributed by atoms with van der Waals surface area (Å²) in [7, 11) is 2.07. The summed E-state index contributed by atoms with van der Waals surface area (Å²) in [5.74, 6) is 0. The maximum Gasteiger partial charge on any atom is 0.0453 e. The average molecular weight is 207 g/mol. The SMILES string of the molecule is Cc1cccc(N(C)C(C)(C)CCO)c1. The van der Waals surface area contributed by atoms with Gasteiger partial charge in [-0.3, -0.25) is 0 Å². The summed E-state index contributed by atoms with van der Waals surface area (Å²) >= 11 is 0. The van der Waals surface area contributed by atoms with Gasteiger partial charge < -0.3 is 10.0 Å². The molecule has 0 spiro atoms. The van der Waals surface area contributed by atoms with Crippen LogP contribution >= 0.6 is 0 Å². The van der Waals surface area contributed by atoms with Crippen molar-refractivity contribution in [3.8, 4) is 0 Å². The highest BCUT2D eigenvalue weighted by molar-refractivity contribution is 5.49. The molecule has 0 aliphatic rings. The molecule has 1 N–H and O–H groups in total. The lowest BCUT2D eigenvalue weighted by molar-refractivity contribution is 0.250. The molecular formula is C13H21NO. The fraction of sp³-hybridized carbons (Fsp3) is 0.538. The molecule has 0 saturated carbocycles. The van der Waals surface area contributed by atoms with E-state index in [1.165, 1.54) is 11.3 Å². The first-order chi connectivity index (χ1) is 6.97. The first-order valence-corrected chi connectivity index (χ1v) is 5.39. The van der Waals surface area contributed by atoms with Crippen molar-refractivity contribution in [2.45, 2.75) is 32.7 Å². The Morgan fingerprint density at radius 1 is 1.33 bits per heavy atom. The second kappa shape index (κ2) is 4.67. The standard InChI is InChI=1S/C13H21NO/c1-11-6-5-7-12(10-11)14(4)13(2,3)8-9-15/h5-7,10,15H,8-9H2,1-4H3. The Balaban J connectivity index is 2.88. The molecule has 0 aliphatic heterocycles. The van der Waals surface area contributed by atoms with Crippen LogP contribution in [0, 0.1) is 6.92 Å². The minimum absolute atomic E-state index is 0.0114. The molecule has 0 unspecified atom stereocenters. The van der Waals surface area contributed by atoms with Crippen molar-refractivity contribution in [2.75, 3.05) is 18.6 Å². The van der Waals surface area contributed by atoms with Gasteiger partial charge in [-0.1, -0.05) is 12.1 Å². The number of benzene rings is 1. The van der Waals surface area contributed by atoms with Gasteiger partial charge in [0.2, 0.25) is 0 Å². The summed E-state index contributed by atoms with van der Waals surface area (Å²) in [5, 5.41) is 9.03. The molecule has 2 nitrogen and oxygen atoms in total. The molecule has 0 heterocycles. The van der Waals surface area contributed by atoms with Gasteiger partial charge in [-0.2, -0.15) is 0 Å². The van der Waals surface area contributed by atoms with Gasteiger partial charge in [-0.05, 0) is 44.9 Å². The van der Waals surface area contributed by atoms with Gasteiger partial charge in [0.15, 0.2) is 0 Å². The molecule has 15 heavy (non-hydrogen) atoms. The zero-order valence-corrected chi connectivity index (χ0v) is 10.1. The molecule has 0 saturated heterocycles. The summed E-state index contributed by atoms with van der Waals surface area (Å²) in [4.78, 5) is 2.22. The third-order valence-corrected chi connectivity index (χ3v) is 3.02. The minimum atomic E-state index is -0.0114. The Morgan fingerprint density at radius 2 is 2.00 bits per heavy atom. The van der Waals surface area contributed by atoms with E-state index in [9.17, 15) is 0 Å². The van der Waals surface area contributed by atoms with E-state index in [4.69, 9.17) is 5.11 Å². The van der Waals surface area contributed by atoms with Crippen molar-refractivity contribution in [3.63, 3.8) is 0 Å². The van der Waals surface area contributed by atoms with Crippen LogP contribution in [-0.2, 0) is 0 Å². The number of rotatable bonds is 4. The third-order valence-electron chi connectivity index (χ3n) is 3.02. The molecule has 0 aliphatic carbocycles. The highest BCUT2D eigenvalue weighted by Gasteiger charge is 2.22. The quantitative estimate of drug-likeness (QED) is 0.820. The summed E-state index contributed by atoms with van der Waals surface area (Å²) in [6.07, 6.45) is 0.775. The number of aliphatic hydroxyl groups excluding tert-OH is 1. The molecule has 0 atom stereocenters. The topological polar surface area (TPSA) is 23.5 Å². The first kappa shape index (κ1) is 12.1. The molecule has 84 valence electrons. The lowest BCUT2D eigenvalue weighted by atomic mass is 9.98. The van der Waals surface area contributed by atoms with Gasteiger partial charge in [0.1, 0.15) is 0 Å². The number of hydrogen-bond acceptors (Lipinski definition) is 2. The van der Waals surface area contributed by atoms with Crippen LogP contribution < -0.4 is 4.90 Å². The number of nitrogens with zero attached hydrogens (tertiary/aromatic N) is 1. The predicted molar refractivity (Wildman–Crippen MR) is 65.4 cm³/mol. The van der Waals surface area contributed by atoms with Gasteiger partial charge in [0.25, 0.3) is 0 Å². The predicted octanol–water partition coefficient (Wildman–Crippen LogP) is 2.59. The molecule has 1 aromatic rings. The smallest absolute Gasteiger partial charge is 0.0453 e. The van der Waals surface area contributed by atoms with Crippen molar-refractivity contribution >= 4 is 5.69 Å². The van der Waals surface area contributed by atoms with E-state index in [-0.39, 0.29) is 12.1 Å². The summed E-state index contributed by atoms with van der Waals surface area (Å²) in [5.41, 5.74) is 2.45. The van der Waals surface area contributed by atoms with Crippen molar-refractivity contribution < 1.29 is 5.11 Å². The zero-order chi connectivity index (χ0) is 11.5.